The number of likely N-dealkylation sites (N-methyl/N-ethyl adjacent to an activating group) is 1. The van der Waals surface area contributed by atoms with Crippen LogP contribution in [-0.4, -0.2) is 23.1 Å². The van der Waals surface area contributed by atoms with Crippen molar-refractivity contribution in [2.24, 2.45) is 5.92 Å². The number of nitrogens with zero attached hydrogens (tertiary/aromatic N) is 3. The Kier molecular flexibility index (Phi) is 4.06. The monoisotopic (exact) mass is 259 g/mol. The molecule has 0 aromatic carbocycles. The van der Waals surface area contributed by atoms with Crippen molar-refractivity contribution in [3.05, 3.63) is 33.2 Å². The highest BCUT2D eigenvalue weighted by molar-refractivity contribution is 5.30. The molecule has 0 spiro atoms. The van der Waals surface area contributed by atoms with Crippen molar-refractivity contribution < 1.29 is 0 Å². The van der Waals surface area contributed by atoms with E-state index in [2.05, 4.69) is 31.9 Å². The summed E-state index contributed by atoms with van der Waals surface area (Å²) in [5.74, 6) is 0.429. The number of pyridine rings is 1. The number of nitriles is 1. The van der Waals surface area contributed by atoms with Gasteiger partial charge < -0.3 is 9.47 Å². The Bertz CT molecular complexity index is 566. The second kappa shape index (κ2) is 5.58. The maximum Gasteiger partial charge on any atom is 0.255 e. The predicted molar refractivity (Wildman–Crippen MR) is 74.9 cm³/mol. The Morgan fingerprint density at radius 2 is 2.21 bits per heavy atom. The molecule has 0 N–H and O–H groups in total. The van der Waals surface area contributed by atoms with Crippen LogP contribution in [0.2, 0.25) is 0 Å². The van der Waals surface area contributed by atoms with Gasteiger partial charge in [0.15, 0.2) is 0 Å². The van der Waals surface area contributed by atoms with E-state index in [0.29, 0.717) is 11.5 Å². The first kappa shape index (κ1) is 13.8. The van der Waals surface area contributed by atoms with E-state index in [4.69, 9.17) is 5.26 Å². The minimum atomic E-state index is 0.0264. The van der Waals surface area contributed by atoms with Gasteiger partial charge in [-0.1, -0.05) is 13.8 Å². The van der Waals surface area contributed by atoms with Crippen molar-refractivity contribution in [2.45, 2.75) is 39.8 Å². The standard InChI is InChI=1S/C15H21N3O/c1-11(2)9-18-14-5-7-17(3)10-13(14)8-12(4-6-16)15(18)19/h8,11H,4-5,7,9-10H2,1-3H3. The van der Waals surface area contributed by atoms with Gasteiger partial charge in [0.1, 0.15) is 0 Å². The Labute approximate surface area is 114 Å². The summed E-state index contributed by atoms with van der Waals surface area (Å²) in [6.45, 7) is 6.83. The van der Waals surface area contributed by atoms with Gasteiger partial charge in [-0.3, -0.25) is 4.79 Å². The van der Waals surface area contributed by atoms with Gasteiger partial charge in [0.05, 0.1) is 12.5 Å². The molecule has 0 atom stereocenters. The molecule has 2 heterocycles. The molecule has 0 bridgehead atoms. The van der Waals surface area contributed by atoms with Crippen LogP contribution in [0.1, 0.15) is 30.7 Å². The maximum absolute atomic E-state index is 12.4. The van der Waals surface area contributed by atoms with Crippen LogP contribution < -0.4 is 5.56 Å². The minimum Gasteiger partial charge on any atom is -0.312 e. The largest absolute Gasteiger partial charge is 0.312 e. The molecule has 2 rings (SSSR count). The zero-order valence-electron chi connectivity index (χ0n) is 11.9. The van der Waals surface area contributed by atoms with Gasteiger partial charge in [0.2, 0.25) is 0 Å². The van der Waals surface area contributed by atoms with Gasteiger partial charge in [0, 0.05) is 37.3 Å². The van der Waals surface area contributed by atoms with E-state index in [9.17, 15) is 4.79 Å². The highest BCUT2D eigenvalue weighted by Crippen LogP contribution is 2.18. The van der Waals surface area contributed by atoms with E-state index in [-0.39, 0.29) is 12.0 Å². The molecular weight excluding hydrogens is 238 g/mol. The van der Waals surface area contributed by atoms with Crippen LogP contribution in [0.4, 0.5) is 0 Å². The van der Waals surface area contributed by atoms with E-state index >= 15 is 0 Å². The molecule has 1 aliphatic heterocycles. The Morgan fingerprint density at radius 1 is 1.47 bits per heavy atom. The second-order valence-electron chi connectivity index (χ2n) is 5.77. The van der Waals surface area contributed by atoms with Crippen LogP contribution in [0, 0.1) is 17.2 Å². The average Bonchev–Trinajstić information content (AvgIpc) is 2.34. The summed E-state index contributed by atoms with van der Waals surface area (Å²) < 4.78 is 1.90. The lowest BCUT2D eigenvalue weighted by molar-refractivity contribution is 0.301. The lowest BCUT2D eigenvalue weighted by Gasteiger charge is -2.28. The van der Waals surface area contributed by atoms with Crippen molar-refractivity contribution in [2.75, 3.05) is 13.6 Å². The van der Waals surface area contributed by atoms with Crippen molar-refractivity contribution in [1.29, 1.82) is 5.26 Å². The molecule has 0 radical (unpaired) electrons. The first-order chi connectivity index (χ1) is 9.02. The summed E-state index contributed by atoms with van der Waals surface area (Å²) in [4.78, 5) is 14.7. The van der Waals surface area contributed by atoms with Crippen LogP contribution in [0.5, 0.6) is 0 Å². The quantitative estimate of drug-likeness (QED) is 0.827. The van der Waals surface area contributed by atoms with Gasteiger partial charge in [-0.25, -0.2) is 0 Å². The fourth-order valence-corrected chi connectivity index (χ4v) is 2.69. The highest BCUT2D eigenvalue weighted by atomic mass is 16.1. The molecular formula is C15H21N3O. The number of fused-ring (bicyclic) bond motifs is 1. The summed E-state index contributed by atoms with van der Waals surface area (Å²) in [5.41, 5.74) is 3.04. The second-order valence-corrected chi connectivity index (χ2v) is 5.77. The lowest BCUT2D eigenvalue weighted by atomic mass is 10.0. The minimum absolute atomic E-state index is 0.0264. The highest BCUT2D eigenvalue weighted by Gasteiger charge is 2.20. The molecule has 102 valence electrons. The smallest absolute Gasteiger partial charge is 0.255 e. The molecule has 4 heteroatoms. The number of hydrogen-bond acceptors (Lipinski definition) is 3. The van der Waals surface area contributed by atoms with Crippen molar-refractivity contribution >= 4 is 0 Å². The average molecular weight is 259 g/mol. The predicted octanol–water partition coefficient (Wildman–Crippen LogP) is 1.56. The SMILES string of the molecule is CC(C)Cn1c2c(cc(CC#N)c1=O)CN(C)CC2. The molecule has 1 aromatic heterocycles. The topological polar surface area (TPSA) is 49.0 Å². The molecule has 0 saturated heterocycles. The Hall–Kier alpha value is -1.60. The summed E-state index contributed by atoms with van der Waals surface area (Å²) in [7, 11) is 2.09. The summed E-state index contributed by atoms with van der Waals surface area (Å²) in [6.07, 6.45) is 1.12. The molecule has 1 aromatic rings. The molecule has 0 saturated carbocycles. The van der Waals surface area contributed by atoms with Gasteiger partial charge >= 0.3 is 0 Å². The van der Waals surface area contributed by atoms with Crippen LogP contribution in [-0.2, 0) is 25.9 Å². The van der Waals surface area contributed by atoms with Gasteiger partial charge in [0.25, 0.3) is 5.56 Å². The van der Waals surface area contributed by atoms with Gasteiger partial charge in [-0.2, -0.15) is 5.26 Å². The number of aromatic nitrogens is 1. The third kappa shape index (κ3) is 2.87. The Balaban J connectivity index is 2.55. The van der Waals surface area contributed by atoms with Crippen molar-refractivity contribution in [3.63, 3.8) is 0 Å². The third-order valence-electron chi connectivity index (χ3n) is 3.55. The molecule has 0 unspecified atom stereocenters. The van der Waals surface area contributed by atoms with Crippen LogP contribution in [0.15, 0.2) is 10.9 Å². The van der Waals surface area contributed by atoms with E-state index in [0.717, 1.165) is 26.1 Å². The van der Waals surface area contributed by atoms with Gasteiger partial charge in [-0.15, -0.1) is 0 Å². The zero-order valence-corrected chi connectivity index (χ0v) is 11.9. The molecule has 19 heavy (non-hydrogen) atoms. The molecule has 0 aliphatic carbocycles. The van der Waals surface area contributed by atoms with E-state index in [1.165, 1.54) is 11.3 Å². The summed E-state index contributed by atoms with van der Waals surface area (Å²) in [5, 5.41) is 8.86. The number of rotatable bonds is 3. The van der Waals surface area contributed by atoms with Crippen molar-refractivity contribution in [1.82, 2.24) is 9.47 Å². The first-order valence-corrected chi connectivity index (χ1v) is 6.83. The first-order valence-electron chi connectivity index (χ1n) is 6.83. The number of hydrogen-bond donors (Lipinski definition) is 0. The van der Waals surface area contributed by atoms with Crippen molar-refractivity contribution in [3.8, 4) is 6.07 Å². The normalized spacial score (nSPS) is 15.3. The lowest BCUT2D eigenvalue weighted by Crippen LogP contribution is -2.36. The zero-order chi connectivity index (χ0) is 14.0. The summed E-state index contributed by atoms with van der Waals surface area (Å²) in [6, 6.07) is 4.03. The van der Waals surface area contributed by atoms with Crippen LogP contribution in [0.25, 0.3) is 0 Å². The van der Waals surface area contributed by atoms with E-state index in [1.54, 1.807) is 0 Å². The fraction of sp³-hybridized carbons (Fsp3) is 0.600. The summed E-state index contributed by atoms with van der Waals surface area (Å²) >= 11 is 0. The molecule has 0 amide bonds. The van der Waals surface area contributed by atoms with Gasteiger partial charge in [-0.05, 0) is 24.6 Å². The van der Waals surface area contributed by atoms with E-state index < -0.39 is 0 Å². The molecule has 0 fully saturated rings. The molecule has 4 nitrogen and oxygen atoms in total. The third-order valence-corrected chi connectivity index (χ3v) is 3.55. The van der Waals surface area contributed by atoms with Crippen LogP contribution in [0.3, 0.4) is 0 Å². The Morgan fingerprint density at radius 3 is 2.84 bits per heavy atom. The molecule has 1 aliphatic rings. The fourth-order valence-electron chi connectivity index (χ4n) is 2.69. The van der Waals surface area contributed by atoms with E-state index in [1.807, 2.05) is 10.6 Å². The maximum atomic E-state index is 12.4. The van der Waals surface area contributed by atoms with Crippen LogP contribution >= 0.6 is 0 Å².